The van der Waals surface area contributed by atoms with E-state index >= 15 is 0 Å². The molecular formula is C12H17N3O2. The summed E-state index contributed by atoms with van der Waals surface area (Å²) in [5, 5.41) is 8.05. The summed E-state index contributed by atoms with van der Waals surface area (Å²) in [6.07, 6.45) is 0. The van der Waals surface area contributed by atoms with E-state index in [1.165, 1.54) is 7.05 Å². The zero-order valence-corrected chi connectivity index (χ0v) is 10.2. The highest BCUT2D eigenvalue weighted by Crippen LogP contribution is 2.08. The molecule has 3 N–H and O–H groups in total. The lowest BCUT2D eigenvalue weighted by molar-refractivity contribution is -0.122. The molecule has 92 valence electrons. The molecule has 0 aliphatic heterocycles. The van der Waals surface area contributed by atoms with Gasteiger partial charge in [-0.2, -0.15) is 0 Å². The van der Waals surface area contributed by atoms with Crippen molar-refractivity contribution in [1.82, 2.24) is 10.6 Å². The predicted molar refractivity (Wildman–Crippen MR) is 67.0 cm³/mol. The summed E-state index contributed by atoms with van der Waals surface area (Å²) in [6, 6.07) is 6.48. The summed E-state index contributed by atoms with van der Waals surface area (Å²) in [4.78, 5) is 23.0. The van der Waals surface area contributed by atoms with Crippen LogP contribution in [0.2, 0.25) is 0 Å². The summed E-state index contributed by atoms with van der Waals surface area (Å²) in [5.41, 5.74) is 1.46. The predicted octanol–water partition coefficient (Wildman–Crippen LogP) is 0.593. The smallest absolute Gasteiger partial charge is 0.251 e. The van der Waals surface area contributed by atoms with Crippen molar-refractivity contribution in [2.45, 2.75) is 13.0 Å². The fraction of sp³-hybridized carbons (Fsp3) is 0.333. The molecule has 1 aromatic carbocycles. The third-order valence-electron chi connectivity index (χ3n) is 2.42. The highest BCUT2D eigenvalue weighted by atomic mass is 16.2. The van der Waals surface area contributed by atoms with Crippen LogP contribution in [0.25, 0.3) is 0 Å². The van der Waals surface area contributed by atoms with E-state index < -0.39 is 6.04 Å². The van der Waals surface area contributed by atoms with E-state index in [2.05, 4.69) is 16.0 Å². The van der Waals surface area contributed by atoms with Gasteiger partial charge in [-0.15, -0.1) is 0 Å². The third kappa shape index (κ3) is 3.48. The first-order valence-corrected chi connectivity index (χ1v) is 5.38. The fourth-order valence-electron chi connectivity index (χ4n) is 1.35. The second kappa shape index (κ2) is 5.89. The van der Waals surface area contributed by atoms with Gasteiger partial charge in [0.1, 0.15) is 6.04 Å². The molecule has 0 saturated carbocycles. The van der Waals surface area contributed by atoms with Crippen LogP contribution in [0.1, 0.15) is 17.3 Å². The van der Waals surface area contributed by atoms with Gasteiger partial charge in [-0.1, -0.05) is 0 Å². The number of amides is 2. The Kier molecular flexibility index (Phi) is 4.51. The summed E-state index contributed by atoms with van der Waals surface area (Å²) < 4.78 is 0. The maximum Gasteiger partial charge on any atom is 0.251 e. The van der Waals surface area contributed by atoms with E-state index in [4.69, 9.17) is 0 Å². The van der Waals surface area contributed by atoms with Crippen LogP contribution in [0.4, 0.5) is 5.69 Å². The standard InChI is InChI=1S/C12H17N3O2/c1-8(11(16)14-3)15-12(17)9-4-6-10(13-2)7-5-9/h4-8,13H,1-3H3,(H,14,16)(H,15,17). The van der Waals surface area contributed by atoms with Gasteiger partial charge in [-0.25, -0.2) is 0 Å². The Hall–Kier alpha value is -2.04. The molecule has 1 atom stereocenters. The highest BCUT2D eigenvalue weighted by molar-refractivity contribution is 5.97. The molecule has 2 amide bonds. The van der Waals surface area contributed by atoms with Crippen molar-refractivity contribution in [1.29, 1.82) is 0 Å². The number of carbonyl (C=O) groups excluding carboxylic acids is 2. The second-order valence-electron chi connectivity index (χ2n) is 3.64. The Bertz CT molecular complexity index is 401. The van der Waals surface area contributed by atoms with Crippen LogP contribution in [0.3, 0.4) is 0 Å². The SMILES string of the molecule is CNC(=O)C(C)NC(=O)c1ccc(NC)cc1. The van der Waals surface area contributed by atoms with Crippen molar-refractivity contribution in [3.63, 3.8) is 0 Å². The second-order valence-corrected chi connectivity index (χ2v) is 3.64. The van der Waals surface area contributed by atoms with E-state index in [1.807, 2.05) is 7.05 Å². The molecule has 0 saturated heterocycles. The van der Waals surface area contributed by atoms with Crippen molar-refractivity contribution >= 4 is 17.5 Å². The Morgan fingerprint density at radius 3 is 2.18 bits per heavy atom. The molecule has 5 nitrogen and oxygen atoms in total. The number of hydrogen-bond acceptors (Lipinski definition) is 3. The summed E-state index contributed by atoms with van der Waals surface area (Å²) in [6.45, 7) is 1.64. The number of carbonyl (C=O) groups is 2. The molecule has 5 heteroatoms. The maximum absolute atomic E-state index is 11.8. The summed E-state index contributed by atoms with van der Waals surface area (Å²) in [5.74, 6) is -0.478. The van der Waals surface area contributed by atoms with Gasteiger partial charge in [0.15, 0.2) is 0 Å². The lowest BCUT2D eigenvalue weighted by Gasteiger charge is -2.12. The van der Waals surface area contributed by atoms with Crippen LogP contribution in [0.5, 0.6) is 0 Å². The minimum atomic E-state index is -0.545. The van der Waals surface area contributed by atoms with Gasteiger partial charge in [-0.05, 0) is 31.2 Å². The van der Waals surface area contributed by atoms with Gasteiger partial charge in [0, 0.05) is 25.3 Å². The Morgan fingerprint density at radius 1 is 1.12 bits per heavy atom. The zero-order chi connectivity index (χ0) is 12.8. The number of hydrogen-bond donors (Lipinski definition) is 3. The molecule has 0 radical (unpaired) electrons. The van der Waals surface area contributed by atoms with Crippen molar-refractivity contribution in [2.75, 3.05) is 19.4 Å². The van der Waals surface area contributed by atoms with Crippen LogP contribution in [0, 0.1) is 0 Å². The molecule has 0 heterocycles. The van der Waals surface area contributed by atoms with Crippen molar-refractivity contribution in [3.8, 4) is 0 Å². The van der Waals surface area contributed by atoms with Gasteiger partial charge in [-0.3, -0.25) is 9.59 Å². The van der Waals surface area contributed by atoms with Gasteiger partial charge in [0.05, 0.1) is 0 Å². The van der Waals surface area contributed by atoms with E-state index in [-0.39, 0.29) is 11.8 Å². The Balaban J connectivity index is 2.66. The van der Waals surface area contributed by atoms with E-state index in [0.29, 0.717) is 5.56 Å². The number of likely N-dealkylation sites (N-methyl/N-ethyl adjacent to an activating group) is 1. The minimum absolute atomic E-state index is 0.217. The molecule has 0 bridgehead atoms. The molecule has 0 aliphatic rings. The number of rotatable bonds is 4. The number of anilines is 1. The van der Waals surface area contributed by atoms with E-state index in [9.17, 15) is 9.59 Å². The first-order valence-electron chi connectivity index (χ1n) is 5.38. The van der Waals surface area contributed by atoms with E-state index in [0.717, 1.165) is 5.69 Å². The normalized spacial score (nSPS) is 11.5. The van der Waals surface area contributed by atoms with Crippen molar-refractivity contribution in [2.24, 2.45) is 0 Å². The van der Waals surface area contributed by atoms with Crippen LogP contribution < -0.4 is 16.0 Å². The fourth-order valence-corrected chi connectivity index (χ4v) is 1.35. The van der Waals surface area contributed by atoms with Crippen LogP contribution in [-0.4, -0.2) is 32.0 Å². The Morgan fingerprint density at radius 2 is 1.71 bits per heavy atom. The number of nitrogens with one attached hydrogen (secondary N) is 3. The van der Waals surface area contributed by atoms with E-state index in [1.54, 1.807) is 31.2 Å². The molecule has 1 unspecified atom stereocenters. The molecule has 0 fully saturated rings. The summed E-state index contributed by atoms with van der Waals surface area (Å²) in [7, 11) is 3.34. The maximum atomic E-state index is 11.8. The van der Waals surface area contributed by atoms with Gasteiger partial charge in [0.2, 0.25) is 5.91 Å². The van der Waals surface area contributed by atoms with Crippen LogP contribution in [0.15, 0.2) is 24.3 Å². The summed E-state index contributed by atoms with van der Waals surface area (Å²) >= 11 is 0. The highest BCUT2D eigenvalue weighted by Gasteiger charge is 2.14. The molecule has 0 spiro atoms. The number of benzene rings is 1. The molecule has 17 heavy (non-hydrogen) atoms. The first kappa shape index (κ1) is 13.0. The molecule has 1 rings (SSSR count). The minimum Gasteiger partial charge on any atom is -0.388 e. The lowest BCUT2D eigenvalue weighted by atomic mass is 10.2. The molecule has 0 aliphatic carbocycles. The molecule has 1 aromatic rings. The monoisotopic (exact) mass is 235 g/mol. The van der Waals surface area contributed by atoms with Crippen molar-refractivity contribution in [3.05, 3.63) is 29.8 Å². The molecule has 0 aromatic heterocycles. The van der Waals surface area contributed by atoms with Crippen LogP contribution >= 0.6 is 0 Å². The Labute approximate surface area is 101 Å². The quantitative estimate of drug-likeness (QED) is 0.715. The van der Waals surface area contributed by atoms with Gasteiger partial charge in [0.25, 0.3) is 5.91 Å². The van der Waals surface area contributed by atoms with Gasteiger partial charge >= 0.3 is 0 Å². The van der Waals surface area contributed by atoms with Crippen molar-refractivity contribution < 1.29 is 9.59 Å². The van der Waals surface area contributed by atoms with Gasteiger partial charge < -0.3 is 16.0 Å². The lowest BCUT2D eigenvalue weighted by Crippen LogP contribution is -2.43. The topological polar surface area (TPSA) is 70.2 Å². The zero-order valence-electron chi connectivity index (χ0n) is 10.2. The molecular weight excluding hydrogens is 218 g/mol. The average molecular weight is 235 g/mol. The van der Waals surface area contributed by atoms with Crippen LogP contribution in [-0.2, 0) is 4.79 Å². The average Bonchev–Trinajstić information content (AvgIpc) is 2.37. The first-order chi connectivity index (χ1) is 8.08. The largest absolute Gasteiger partial charge is 0.388 e. The third-order valence-corrected chi connectivity index (χ3v) is 2.42.